The van der Waals surface area contributed by atoms with E-state index in [1.54, 1.807) is 29.1 Å². The van der Waals surface area contributed by atoms with E-state index in [4.69, 9.17) is 0 Å². The Morgan fingerprint density at radius 1 is 1.16 bits per heavy atom. The van der Waals surface area contributed by atoms with E-state index in [2.05, 4.69) is 25.5 Å². The van der Waals surface area contributed by atoms with Gasteiger partial charge in [-0.25, -0.2) is 9.97 Å². The van der Waals surface area contributed by atoms with E-state index in [1.807, 2.05) is 32.0 Å². The molecule has 0 fully saturated rings. The van der Waals surface area contributed by atoms with Crippen LogP contribution in [0.5, 0.6) is 0 Å². The molecule has 0 spiro atoms. The van der Waals surface area contributed by atoms with Gasteiger partial charge in [-0.15, -0.1) is 10.2 Å². The first-order valence-corrected chi connectivity index (χ1v) is 8.45. The molecule has 1 N–H and O–H groups in total. The average molecular weight is 350 g/mol. The maximum Gasteiger partial charge on any atom is 0.277 e. The number of carbonyl (C=O) groups excluding carboxylic acids is 1. The highest BCUT2D eigenvalue weighted by atomic mass is 32.1. The molecule has 0 atom stereocenters. The number of benzene rings is 1. The van der Waals surface area contributed by atoms with Gasteiger partial charge in [-0.1, -0.05) is 23.5 Å². The lowest BCUT2D eigenvalue weighted by molar-refractivity contribution is 0.102. The van der Waals surface area contributed by atoms with Crippen LogP contribution >= 0.6 is 11.3 Å². The van der Waals surface area contributed by atoms with Crippen molar-refractivity contribution in [2.24, 2.45) is 0 Å². The minimum absolute atomic E-state index is 0.234. The van der Waals surface area contributed by atoms with Crippen LogP contribution in [0.3, 0.4) is 0 Å². The third-order valence-electron chi connectivity index (χ3n) is 3.80. The van der Waals surface area contributed by atoms with Gasteiger partial charge in [0.05, 0.1) is 10.2 Å². The SMILES string of the molecule is Cc1cccc2sc(NC(=O)c3ccc(-n4ccnc4C)nn3)nc12. The second kappa shape index (κ2) is 6.06. The molecule has 7 nitrogen and oxygen atoms in total. The molecule has 1 amide bonds. The quantitative estimate of drug-likeness (QED) is 0.613. The normalized spacial score (nSPS) is 11.0. The Morgan fingerprint density at radius 3 is 2.72 bits per heavy atom. The number of anilines is 1. The Balaban J connectivity index is 1.56. The number of imidazole rings is 1. The minimum Gasteiger partial charge on any atom is -0.296 e. The van der Waals surface area contributed by atoms with Crippen molar-refractivity contribution in [1.29, 1.82) is 0 Å². The van der Waals surface area contributed by atoms with Crippen LogP contribution in [-0.4, -0.2) is 30.6 Å². The lowest BCUT2D eigenvalue weighted by Gasteiger charge is -2.04. The molecule has 4 aromatic rings. The zero-order valence-electron chi connectivity index (χ0n) is 13.6. The van der Waals surface area contributed by atoms with Crippen molar-refractivity contribution in [1.82, 2.24) is 24.7 Å². The Morgan fingerprint density at radius 2 is 2.04 bits per heavy atom. The van der Waals surface area contributed by atoms with Crippen molar-refractivity contribution in [2.45, 2.75) is 13.8 Å². The summed E-state index contributed by atoms with van der Waals surface area (Å²) in [6, 6.07) is 9.33. The van der Waals surface area contributed by atoms with Crippen LogP contribution in [0.25, 0.3) is 16.0 Å². The van der Waals surface area contributed by atoms with Crippen molar-refractivity contribution < 1.29 is 4.79 Å². The molecular formula is C17H14N6OS. The number of hydrogen-bond donors (Lipinski definition) is 1. The smallest absolute Gasteiger partial charge is 0.277 e. The third kappa shape index (κ3) is 2.87. The molecule has 0 aliphatic carbocycles. The monoisotopic (exact) mass is 350 g/mol. The predicted octanol–water partition coefficient (Wildman–Crippen LogP) is 3.14. The van der Waals surface area contributed by atoms with E-state index in [-0.39, 0.29) is 11.6 Å². The first kappa shape index (κ1) is 15.4. The van der Waals surface area contributed by atoms with Gasteiger partial charge in [-0.2, -0.15) is 0 Å². The van der Waals surface area contributed by atoms with Gasteiger partial charge in [0.15, 0.2) is 16.6 Å². The third-order valence-corrected chi connectivity index (χ3v) is 4.73. The fraction of sp³-hybridized carbons (Fsp3) is 0.118. The van der Waals surface area contributed by atoms with Gasteiger partial charge in [0.2, 0.25) is 0 Å². The summed E-state index contributed by atoms with van der Waals surface area (Å²) in [5, 5.41) is 11.4. The van der Waals surface area contributed by atoms with Gasteiger partial charge in [0, 0.05) is 12.4 Å². The van der Waals surface area contributed by atoms with Gasteiger partial charge in [0.25, 0.3) is 5.91 Å². The second-order valence-electron chi connectivity index (χ2n) is 5.52. The number of carbonyl (C=O) groups is 1. The number of aryl methyl sites for hydroxylation is 2. The summed E-state index contributed by atoms with van der Waals surface area (Å²) >= 11 is 1.43. The molecule has 0 aliphatic heterocycles. The van der Waals surface area contributed by atoms with Crippen LogP contribution in [0, 0.1) is 13.8 Å². The summed E-state index contributed by atoms with van der Waals surface area (Å²) in [5.74, 6) is 1.08. The first-order valence-electron chi connectivity index (χ1n) is 7.63. The van der Waals surface area contributed by atoms with Gasteiger partial charge in [-0.3, -0.25) is 14.7 Å². The largest absolute Gasteiger partial charge is 0.296 e. The Bertz CT molecular complexity index is 1070. The molecule has 0 aliphatic rings. The molecule has 0 saturated carbocycles. The van der Waals surface area contributed by atoms with Crippen molar-refractivity contribution >= 4 is 32.6 Å². The highest BCUT2D eigenvalue weighted by Gasteiger charge is 2.13. The summed E-state index contributed by atoms with van der Waals surface area (Å²) in [6.07, 6.45) is 3.48. The van der Waals surface area contributed by atoms with Gasteiger partial charge in [-0.05, 0) is 37.6 Å². The van der Waals surface area contributed by atoms with Crippen LogP contribution in [0.1, 0.15) is 21.9 Å². The van der Waals surface area contributed by atoms with Crippen LogP contribution in [0.4, 0.5) is 5.13 Å². The molecule has 3 heterocycles. The van der Waals surface area contributed by atoms with Gasteiger partial charge >= 0.3 is 0 Å². The standard InChI is InChI=1S/C17H14N6OS/c1-10-4-3-5-13-15(10)19-17(25-13)20-16(24)12-6-7-14(22-21-12)23-9-8-18-11(23)2/h3-9H,1-2H3,(H,19,20,24). The lowest BCUT2D eigenvalue weighted by atomic mass is 10.2. The van der Waals surface area contributed by atoms with Crippen molar-refractivity contribution in [3.05, 3.63) is 59.8 Å². The van der Waals surface area contributed by atoms with Crippen molar-refractivity contribution in [3.63, 3.8) is 0 Å². The molecule has 3 aromatic heterocycles. The fourth-order valence-electron chi connectivity index (χ4n) is 2.50. The van der Waals surface area contributed by atoms with E-state index in [0.717, 1.165) is 21.6 Å². The lowest BCUT2D eigenvalue weighted by Crippen LogP contribution is -2.15. The summed E-state index contributed by atoms with van der Waals surface area (Å²) in [5.41, 5.74) is 2.21. The highest BCUT2D eigenvalue weighted by molar-refractivity contribution is 7.22. The first-order chi connectivity index (χ1) is 12.1. The maximum absolute atomic E-state index is 12.4. The maximum atomic E-state index is 12.4. The summed E-state index contributed by atoms with van der Waals surface area (Å²) in [4.78, 5) is 21.0. The second-order valence-corrected chi connectivity index (χ2v) is 6.55. The number of thiazole rings is 1. The molecule has 0 bridgehead atoms. The zero-order chi connectivity index (χ0) is 17.4. The van der Waals surface area contributed by atoms with E-state index in [9.17, 15) is 4.79 Å². The number of nitrogens with zero attached hydrogens (tertiary/aromatic N) is 5. The number of nitrogens with one attached hydrogen (secondary N) is 1. The van der Waals surface area contributed by atoms with Crippen LogP contribution in [0.15, 0.2) is 42.7 Å². The van der Waals surface area contributed by atoms with E-state index in [0.29, 0.717) is 10.9 Å². The number of rotatable bonds is 3. The summed E-state index contributed by atoms with van der Waals surface area (Å²) in [6.45, 7) is 3.87. The molecule has 124 valence electrons. The van der Waals surface area contributed by atoms with Crippen molar-refractivity contribution in [3.8, 4) is 5.82 Å². The molecular weight excluding hydrogens is 336 g/mol. The fourth-order valence-corrected chi connectivity index (χ4v) is 3.43. The number of para-hydroxylation sites is 1. The molecule has 0 unspecified atom stereocenters. The Labute approximate surface area is 147 Å². The topological polar surface area (TPSA) is 85.6 Å². The molecule has 0 radical (unpaired) electrons. The van der Waals surface area contributed by atoms with Crippen LogP contribution < -0.4 is 5.32 Å². The molecule has 1 aromatic carbocycles. The van der Waals surface area contributed by atoms with E-state index in [1.165, 1.54) is 11.3 Å². The van der Waals surface area contributed by atoms with Crippen LogP contribution in [-0.2, 0) is 0 Å². The van der Waals surface area contributed by atoms with Gasteiger partial charge in [0.1, 0.15) is 5.82 Å². The van der Waals surface area contributed by atoms with E-state index < -0.39 is 0 Å². The average Bonchev–Trinajstić information content (AvgIpc) is 3.21. The van der Waals surface area contributed by atoms with Crippen LogP contribution in [0.2, 0.25) is 0 Å². The number of fused-ring (bicyclic) bond motifs is 1. The predicted molar refractivity (Wildman–Crippen MR) is 96.2 cm³/mol. The Hall–Kier alpha value is -3.13. The van der Waals surface area contributed by atoms with Crippen molar-refractivity contribution in [2.75, 3.05) is 5.32 Å². The number of amides is 1. The Kier molecular flexibility index (Phi) is 3.73. The van der Waals surface area contributed by atoms with Gasteiger partial charge < -0.3 is 0 Å². The number of hydrogen-bond acceptors (Lipinski definition) is 6. The minimum atomic E-state index is -0.335. The number of aromatic nitrogens is 5. The molecule has 0 saturated heterocycles. The summed E-state index contributed by atoms with van der Waals surface area (Å²) < 4.78 is 2.83. The molecule has 4 rings (SSSR count). The molecule has 8 heteroatoms. The zero-order valence-corrected chi connectivity index (χ0v) is 14.4. The van der Waals surface area contributed by atoms with E-state index >= 15 is 0 Å². The summed E-state index contributed by atoms with van der Waals surface area (Å²) in [7, 11) is 0. The highest BCUT2D eigenvalue weighted by Crippen LogP contribution is 2.28. The molecule has 25 heavy (non-hydrogen) atoms.